The van der Waals surface area contributed by atoms with Crippen molar-refractivity contribution in [3.8, 4) is 0 Å². The summed E-state index contributed by atoms with van der Waals surface area (Å²) in [5.41, 5.74) is -1.89. The number of hydrogen-bond donors (Lipinski definition) is 3. The molecule has 0 aliphatic heterocycles. The fraction of sp³-hybridized carbons (Fsp3) is 0.333. The van der Waals surface area contributed by atoms with Crippen molar-refractivity contribution >= 4 is 23.8 Å². The molecule has 0 bridgehead atoms. The van der Waals surface area contributed by atoms with E-state index in [0.717, 1.165) is 6.92 Å². The molecule has 1 aromatic carbocycles. The van der Waals surface area contributed by atoms with Crippen LogP contribution in [0.25, 0.3) is 0 Å². The Bertz CT molecular complexity index is 607. The van der Waals surface area contributed by atoms with Crippen molar-refractivity contribution < 1.29 is 34.1 Å². The van der Waals surface area contributed by atoms with Crippen molar-refractivity contribution in [2.75, 3.05) is 6.61 Å². The largest absolute Gasteiger partial charge is 0.479 e. The van der Waals surface area contributed by atoms with Gasteiger partial charge in [-0.15, -0.1) is 0 Å². The predicted octanol–water partition coefficient (Wildman–Crippen LogP) is 0.450. The van der Waals surface area contributed by atoms with Gasteiger partial charge in [0.2, 0.25) is 11.4 Å². The molecule has 124 valence electrons. The van der Waals surface area contributed by atoms with Gasteiger partial charge in [-0.1, -0.05) is 12.1 Å². The van der Waals surface area contributed by atoms with Crippen LogP contribution in [0.2, 0.25) is 0 Å². The molecule has 8 heteroatoms. The normalized spacial score (nSPS) is 10.7. The highest BCUT2D eigenvalue weighted by Gasteiger charge is 2.47. The first-order valence-corrected chi connectivity index (χ1v) is 6.74. The van der Waals surface area contributed by atoms with E-state index in [4.69, 9.17) is 4.74 Å². The van der Waals surface area contributed by atoms with E-state index >= 15 is 0 Å². The minimum atomic E-state index is -2.47. The molecule has 1 rings (SSSR count). The molecule has 1 aromatic rings. The Morgan fingerprint density at radius 2 is 1.61 bits per heavy atom. The number of esters is 1. The lowest BCUT2D eigenvalue weighted by molar-refractivity contribution is -0.161. The number of carboxylic acid groups (broad SMARTS) is 2. The van der Waals surface area contributed by atoms with Crippen LogP contribution in [0, 0.1) is 0 Å². The highest BCUT2D eigenvalue weighted by atomic mass is 16.5. The SMILES string of the molecule is CCOC(=O)c1ccc(CC(NC(C)=O)(C(=O)O)C(=O)O)cc1. The number of ether oxygens (including phenoxy) is 1. The Balaban J connectivity index is 3.09. The summed E-state index contributed by atoms with van der Waals surface area (Å²) in [5, 5.41) is 20.5. The summed E-state index contributed by atoms with van der Waals surface area (Å²) < 4.78 is 4.81. The second-order valence-electron chi connectivity index (χ2n) is 4.79. The number of carbonyl (C=O) groups excluding carboxylic acids is 2. The van der Waals surface area contributed by atoms with Gasteiger partial charge in [0.1, 0.15) is 0 Å². The second-order valence-corrected chi connectivity index (χ2v) is 4.79. The molecule has 0 aliphatic carbocycles. The maximum Gasteiger partial charge on any atom is 0.341 e. The molecule has 0 aliphatic rings. The molecule has 0 aromatic heterocycles. The fourth-order valence-electron chi connectivity index (χ4n) is 1.97. The zero-order valence-electron chi connectivity index (χ0n) is 12.7. The number of nitrogens with one attached hydrogen (secondary N) is 1. The van der Waals surface area contributed by atoms with Crippen LogP contribution in [-0.2, 0) is 25.5 Å². The van der Waals surface area contributed by atoms with Crippen LogP contribution < -0.4 is 5.32 Å². The van der Waals surface area contributed by atoms with Crippen LogP contribution in [0.3, 0.4) is 0 Å². The van der Waals surface area contributed by atoms with Crippen molar-refractivity contribution in [2.24, 2.45) is 0 Å². The van der Waals surface area contributed by atoms with Gasteiger partial charge >= 0.3 is 17.9 Å². The topological polar surface area (TPSA) is 130 Å². The average Bonchev–Trinajstić information content (AvgIpc) is 2.46. The third-order valence-corrected chi connectivity index (χ3v) is 3.05. The zero-order chi connectivity index (χ0) is 17.6. The van der Waals surface area contributed by atoms with E-state index in [1.807, 2.05) is 5.32 Å². The van der Waals surface area contributed by atoms with E-state index in [-0.39, 0.29) is 12.2 Å². The summed E-state index contributed by atoms with van der Waals surface area (Å²) in [4.78, 5) is 45.5. The van der Waals surface area contributed by atoms with Crippen molar-refractivity contribution in [1.82, 2.24) is 5.32 Å². The van der Waals surface area contributed by atoms with Gasteiger partial charge in [0.15, 0.2) is 0 Å². The second kappa shape index (κ2) is 7.39. The molecule has 3 N–H and O–H groups in total. The molecule has 1 amide bonds. The molecule has 0 unspecified atom stereocenters. The molecule has 0 saturated heterocycles. The Morgan fingerprint density at radius 1 is 1.09 bits per heavy atom. The number of carboxylic acids is 2. The molecule has 23 heavy (non-hydrogen) atoms. The summed E-state index contributed by atoms with van der Waals surface area (Å²) in [6.45, 7) is 2.91. The molecule has 0 radical (unpaired) electrons. The molecular weight excluding hydrogens is 306 g/mol. The van der Waals surface area contributed by atoms with Gasteiger partial charge in [-0.2, -0.15) is 0 Å². The van der Waals surface area contributed by atoms with Gasteiger partial charge in [0.05, 0.1) is 12.2 Å². The van der Waals surface area contributed by atoms with Gasteiger partial charge < -0.3 is 20.3 Å². The molecule has 8 nitrogen and oxygen atoms in total. The standard InChI is InChI=1S/C15H17NO7/c1-3-23-12(18)11-6-4-10(5-7-11)8-15(13(19)20,14(21)22)16-9(2)17/h4-7H,3,8H2,1-2H3,(H,16,17)(H,19,20)(H,21,22). The lowest BCUT2D eigenvalue weighted by Crippen LogP contribution is -2.61. The van der Waals surface area contributed by atoms with E-state index in [9.17, 15) is 29.4 Å². The minimum Gasteiger partial charge on any atom is -0.479 e. The van der Waals surface area contributed by atoms with Crippen molar-refractivity contribution in [2.45, 2.75) is 25.8 Å². The highest BCUT2D eigenvalue weighted by molar-refractivity contribution is 6.06. The third-order valence-electron chi connectivity index (χ3n) is 3.05. The minimum absolute atomic E-state index is 0.213. The predicted molar refractivity (Wildman–Crippen MR) is 77.9 cm³/mol. The first kappa shape index (κ1) is 18.1. The fourth-order valence-corrected chi connectivity index (χ4v) is 1.97. The van der Waals surface area contributed by atoms with Crippen LogP contribution in [0.1, 0.15) is 29.8 Å². The van der Waals surface area contributed by atoms with Gasteiger partial charge in [-0.25, -0.2) is 14.4 Å². The van der Waals surface area contributed by atoms with Crippen LogP contribution in [0.4, 0.5) is 0 Å². The van der Waals surface area contributed by atoms with E-state index < -0.39 is 35.8 Å². The van der Waals surface area contributed by atoms with E-state index in [1.165, 1.54) is 24.3 Å². The number of amides is 1. The van der Waals surface area contributed by atoms with Gasteiger partial charge in [-0.05, 0) is 24.6 Å². The number of aliphatic carboxylic acids is 2. The maximum atomic E-state index is 11.5. The average molecular weight is 323 g/mol. The maximum absolute atomic E-state index is 11.5. The van der Waals surface area contributed by atoms with E-state index in [0.29, 0.717) is 5.56 Å². The number of benzene rings is 1. The summed E-state index contributed by atoms with van der Waals surface area (Å²) >= 11 is 0. The van der Waals surface area contributed by atoms with Gasteiger partial charge in [0.25, 0.3) is 0 Å². The first-order chi connectivity index (χ1) is 10.7. The molecule has 0 fully saturated rings. The Kier molecular flexibility index (Phi) is 5.83. The number of hydrogen-bond acceptors (Lipinski definition) is 5. The van der Waals surface area contributed by atoms with Crippen molar-refractivity contribution in [1.29, 1.82) is 0 Å². The van der Waals surface area contributed by atoms with Crippen LogP contribution in [0.5, 0.6) is 0 Å². The summed E-state index contributed by atoms with van der Waals surface area (Å²) in [6.07, 6.45) is -0.472. The van der Waals surface area contributed by atoms with Crippen molar-refractivity contribution in [3.63, 3.8) is 0 Å². The van der Waals surface area contributed by atoms with Crippen LogP contribution in [-0.4, -0.2) is 46.2 Å². The van der Waals surface area contributed by atoms with Crippen LogP contribution in [0.15, 0.2) is 24.3 Å². The molecule has 0 saturated carbocycles. The Labute approximate surface area is 132 Å². The third kappa shape index (κ3) is 4.29. The monoisotopic (exact) mass is 323 g/mol. The Hall–Kier alpha value is -2.90. The number of rotatable bonds is 7. The lowest BCUT2D eigenvalue weighted by Gasteiger charge is -2.25. The summed E-state index contributed by atoms with van der Waals surface area (Å²) in [7, 11) is 0. The molecule has 0 atom stereocenters. The zero-order valence-corrected chi connectivity index (χ0v) is 12.7. The summed E-state index contributed by atoms with van der Waals surface area (Å²) in [6, 6.07) is 5.62. The van der Waals surface area contributed by atoms with Gasteiger partial charge in [-0.3, -0.25) is 4.79 Å². The smallest absolute Gasteiger partial charge is 0.341 e. The molecule has 0 spiro atoms. The van der Waals surface area contributed by atoms with E-state index in [1.54, 1.807) is 6.92 Å². The van der Waals surface area contributed by atoms with Gasteiger partial charge in [0, 0.05) is 13.3 Å². The highest BCUT2D eigenvalue weighted by Crippen LogP contribution is 2.16. The van der Waals surface area contributed by atoms with Crippen LogP contribution >= 0.6 is 0 Å². The number of carbonyl (C=O) groups is 4. The summed E-state index contributed by atoms with van der Waals surface area (Å²) in [5.74, 6) is -4.69. The molecular formula is C15H17NO7. The van der Waals surface area contributed by atoms with Crippen molar-refractivity contribution in [3.05, 3.63) is 35.4 Å². The lowest BCUT2D eigenvalue weighted by atomic mass is 9.90. The Morgan fingerprint density at radius 3 is 2.00 bits per heavy atom. The van der Waals surface area contributed by atoms with E-state index in [2.05, 4.69) is 0 Å². The quantitative estimate of drug-likeness (QED) is 0.490. The molecule has 0 heterocycles. The first-order valence-electron chi connectivity index (χ1n) is 6.74.